The minimum Gasteiger partial charge on any atom is -0.480 e. The molecule has 2 aliphatic rings. The number of aliphatic carboxylic acids is 1. The van der Waals surface area contributed by atoms with Gasteiger partial charge >= 0.3 is 5.97 Å². The molecule has 0 aromatic rings. The van der Waals surface area contributed by atoms with Crippen molar-refractivity contribution in [3.63, 3.8) is 0 Å². The molecular weight excluding hydrogens is 216 g/mol. The van der Waals surface area contributed by atoms with E-state index in [2.05, 4.69) is 9.80 Å². The predicted molar refractivity (Wildman–Crippen MR) is 67.1 cm³/mol. The lowest BCUT2D eigenvalue weighted by atomic mass is 10.1. The molecule has 4 heteroatoms. The highest BCUT2D eigenvalue weighted by molar-refractivity contribution is 5.73. The summed E-state index contributed by atoms with van der Waals surface area (Å²) in [5.41, 5.74) is 0. The van der Waals surface area contributed by atoms with Crippen molar-refractivity contribution >= 4 is 5.97 Å². The van der Waals surface area contributed by atoms with Gasteiger partial charge in [-0.3, -0.25) is 9.69 Å². The first-order valence-electron chi connectivity index (χ1n) is 6.96. The molecule has 0 bridgehead atoms. The molecule has 1 N–H and O–H groups in total. The molecule has 2 aliphatic heterocycles. The van der Waals surface area contributed by atoms with Crippen molar-refractivity contribution in [2.75, 3.05) is 32.7 Å². The van der Waals surface area contributed by atoms with E-state index in [0.29, 0.717) is 0 Å². The summed E-state index contributed by atoms with van der Waals surface area (Å²) >= 11 is 0. The van der Waals surface area contributed by atoms with E-state index in [0.717, 1.165) is 38.9 Å². The van der Waals surface area contributed by atoms with Crippen molar-refractivity contribution in [1.29, 1.82) is 0 Å². The van der Waals surface area contributed by atoms with E-state index in [9.17, 15) is 9.90 Å². The number of hydrogen-bond acceptors (Lipinski definition) is 3. The molecule has 4 nitrogen and oxygen atoms in total. The molecule has 0 radical (unpaired) electrons. The fraction of sp³-hybridized carbons (Fsp3) is 0.923. The molecule has 0 amide bonds. The fourth-order valence-electron chi connectivity index (χ4n) is 2.99. The lowest BCUT2D eigenvalue weighted by Crippen LogP contribution is -2.44. The summed E-state index contributed by atoms with van der Waals surface area (Å²) < 4.78 is 0. The average molecular weight is 240 g/mol. The predicted octanol–water partition coefficient (Wildman–Crippen LogP) is 1.41. The van der Waals surface area contributed by atoms with Crippen LogP contribution in [0.5, 0.6) is 0 Å². The third kappa shape index (κ3) is 3.68. The van der Waals surface area contributed by atoms with Crippen LogP contribution >= 0.6 is 0 Å². The van der Waals surface area contributed by atoms with Gasteiger partial charge in [0.2, 0.25) is 0 Å². The van der Waals surface area contributed by atoms with Crippen LogP contribution in [0.3, 0.4) is 0 Å². The molecule has 1 unspecified atom stereocenters. The van der Waals surface area contributed by atoms with Gasteiger partial charge in [-0.1, -0.05) is 12.8 Å². The van der Waals surface area contributed by atoms with E-state index < -0.39 is 5.97 Å². The van der Waals surface area contributed by atoms with Gasteiger partial charge in [-0.15, -0.1) is 0 Å². The summed E-state index contributed by atoms with van der Waals surface area (Å²) in [7, 11) is 0. The van der Waals surface area contributed by atoms with E-state index in [-0.39, 0.29) is 6.04 Å². The van der Waals surface area contributed by atoms with Gasteiger partial charge in [0.1, 0.15) is 6.04 Å². The van der Waals surface area contributed by atoms with Crippen LogP contribution in [0.4, 0.5) is 0 Å². The molecule has 2 rings (SSSR count). The number of carbonyl (C=O) groups is 1. The third-order valence-corrected chi connectivity index (χ3v) is 4.05. The molecule has 0 aliphatic carbocycles. The second-order valence-electron chi connectivity index (χ2n) is 5.29. The second-order valence-corrected chi connectivity index (χ2v) is 5.29. The Morgan fingerprint density at radius 2 is 1.71 bits per heavy atom. The van der Waals surface area contributed by atoms with Crippen LogP contribution in [-0.4, -0.2) is 59.6 Å². The zero-order chi connectivity index (χ0) is 12.1. The van der Waals surface area contributed by atoms with Gasteiger partial charge in [-0.25, -0.2) is 0 Å². The summed E-state index contributed by atoms with van der Waals surface area (Å²) in [5.74, 6) is -0.631. The maximum absolute atomic E-state index is 11.3. The van der Waals surface area contributed by atoms with Crippen molar-refractivity contribution in [3.8, 4) is 0 Å². The van der Waals surface area contributed by atoms with E-state index in [4.69, 9.17) is 0 Å². The molecular formula is C13H24N2O2. The third-order valence-electron chi connectivity index (χ3n) is 4.05. The number of nitrogens with zero attached hydrogens (tertiary/aromatic N) is 2. The smallest absolute Gasteiger partial charge is 0.320 e. The molecule has 0 aromatic carbocycles. The zero-order valence-electron chi connectivity index (χ0n) is 10.6. The van der Waals surface area contributed by atoms with Crippen LogP contribution in [0, 0.1) is 0 Å². The standard InChI is InChI=1S/C13H24N2O2/c16-13(17)12-6-2-1-3-9-15(12)11-10-14-7-4-5-8-14/h12H,1-11H2,(H,16,17). The van der Waals surface area contributed by atoms with Crippen molar-refractivity contribution in [2.45, 2.75) is 44.6 Å². The van der Waals surface area contributed by atoms with Gasteiger partial charge in [0.15, 0.2) is 0 Å². The van der Waals surface area contributed by atoms with Crippen molar-refractivity contribution in [2.24, 2.45) is 0 Å². The minimum absolute atomic E-state index is 0.236. The number of likely N-dealkylation sites (tertiary alicyclic amines) is 2. The molecule has 2 saturated heterocycles. The van der Waals surface area contributed by atoms with Crippen LogP contribution in [0.1, 0.15) is 38.5 Å². The maximum Gasteiger partial charge on any atom is 0.320 e. The normalized spacial score (nSPS) is 28.1. The number of carboxylic acid groups (broad SMARTS) is 1. The monoisotopic (exact) mass is 240 g/mol. The summed E-state index contributed by atoms with van der Waals surface area (Å²) in [5, 5.41) is 9.27. The lowest BCUT2D eigenvalue weighted by Gasteiger charge is -2.28. The van der Waals surface area contributed by atoms with E-state index >= 15 is 0 Å². The molecule has 2 fully saturated rings. The van der Waals surface area contributed by atoms with Gasteiger partial charge in [-0.05, 0) is 45.3 Å². The summed E-state index contributed by atoms with van der Waals surface area (Å²) in [6, 6.07) is -0.236. The second kappa shape index (κ2) is 6.36. The molecule has 1 atom stereocenters. The van der Waals surface area contributed by atoms with E-state index in [1.165, 1.54) is 32.4 Å². The van der Waals surface area contributed by atoms with E-state index in [1.54, 1.807) is 0 Å². The molecule has 0 spiro atoms. The zero-order valence-corrected chi connectivity index (χ0v) is 10.6. The average Bonchev–Trinajstić information content (AvgIpc) is 2.70. The van der Waals surface area contributed by atoms with Crippen molar-refractivity contribution in [3.05, 3.63) is 0 Å². The van der Waals surface area contributed by atoms with Crippen LogP contribution in [-0.2, 0) is 4.79 Å². The Labute approximate surface area is 104 Å². The van der Waals surface area contributed by atoms with Crippen molar-refractivity contribution in [1.82, 2.24) is 9.80 Å². The highest BCUT2D eigenvalue weighted by Gasteiger charge is 2.27. The first-order valence-corrected chi connectivity index (χ1v) is 6.96. The Kier molecular flexibility index (Phi) is 4.80. The highest BCUT2D eigenvalue weighted by atomic mass is 16.4. The van der Waals surface area contributed by atoms with Crippen LogP contribution in [0.25, 0.3) is 0 Å². The quantitative estimate of drug-likeness (QED) is 0.807. The molecule has 2 heterocycles. The van der Waals surface area contributed by atoms with Crippen LogP contribution in [0.2, 0.25) is 0 Å². The number of rotatable bonds is 4. The van der Waals surface area contributed by atoms with Gasteiger partial charge in [0.25, 0.3) is 0 Å². The van der Waals surface area contributed by atoms with Gasteiger partial charge in [0.05, 0.1) is 0 Å². The highest BCUT2D eigenvalue weighted by Crippen LogP contribution is 2.17. The lowest BCUT2D eigenvalue weighted by molar-refractivity contribution is -0.143. The number of carboxylic acids is 1. The summed E-state index contributed by atoms with van der Waals surface area (Å²) in [6.07, 6.45) is 6.85. The summed E-state index contributed by atoms with van der Waals surface area (Å²) in [4.78, 5) is 15.9. The van der Waals surface area contributed by atoms with Crippen molar-refractivity contribution < 1.29 is 9.90 Å². The molecule has 0 saturated carbocycles. The van der Waals surface area contributed by atoms with Crippen LogP contribution in [0.15, 0.2) is 0 Å². The van der Waals surface area contributed by atoms with E-state index in [1.807, 2.05) is 0 Å². The SMILES string of the molecule is O=C(O)C1CCCCCN1CCN1CCCC1. The molecule has 17 heavy (non-hydrogen) atoms. The first-order chi connectivity index (χ1) is 8.27. The van der Waals surface area contributed by atoms with Gasteiger partial charge in [0, 0.05) is 13.1 Å². The Balaban J connectivity index is 1.83. The van der Waals surface area contributed by atoms with Gasteiger partial charge < -0.3 is 10.0 Å². The van der Waals surface area contributed by atoms with Crippen LogP contribution < -0.4 is 0 Å². The Morgan fingerprint density at radius 3 is 2.41 bits per heavy atom. The van der Waals surface area contributed by atoms with Gasteiger partial charge in [-0.2, -0.15) is 0 Å². The Bertz CT molecular complexity index is 252. The fourth-order valence-corrected chi connectivity index (χ4v) is 2.99. The summed E-state index contributed by atoms with van der Waals surface area (Å²) in [6.45, 7) is 5.34. The maximum atomic E-state index is 11.3. The minimum atomic E-state index is -0.631. The largest absolute Gasteiger partial charge is 0.480 e. The first kappa shape index (κ1) is 12.8. The molecule has 0 aromatic heterocycles. The molecule has 98 valence electrons. The Hall–Kier alpha value is -0.610. The number of hydrogen-bond donors (Lipinski definition) is 1. The Morgan fingerprint density at radius 1 is 1.00 bits per heavy atom. The topological polar surface area (TPSA) is 43.8 Å².